The first-order valence-electron chi connectivity index (χ1n) is 8.54. The lowest BCUT2D eigenvalue weighted by atomic mass is 9.87. The smallest absolute Gasteiger partial charge is 0.223 e. The summed E-state index contributed by atoms with van der Waals surface area (Å²) in [4.78, 5) is 14.6. The summed E-state index contributed by atoms with van der Waals surface area (Å²) in [6.07, 6.45) is 1.21. The zero-order valence-corrected chi connectivity index (χ0v) is 14.7. The lowest BCUT2D eigenvalue weighted by Gasteiger charge is -2.31. The number of carbonyl (C=O) groups excluding carboxylic acids is 1. The number of aliphatic hydroxyl groups excluding tert-OH is 1. The Morgan fingerprint density at radius 1 is 1.16 bits per heavy atom. The Morgan fingerprint density at radius 2 is 1.88 bits per heavy atom. The van der Waals surface area contributed by atoms with Crippen molar-refractivity contribution in [3.63, 3.8) is 0 Å². The Hall–Kier alpha value is -2.04. The van der Waals surface area contributed by atoms with Crippen molar-refractivity contribution in [1.82, 2.24) is 4.90 Å². The van der Waals surface area contributed by atoms with Gasteiger partial charge in [-0.25, -0.2) is 0 Å². The predicted molar refractivity (Wildman–Crippen MR) is 97.8 cm³/mol. The van der Waals surface area contributed by atoms with E-state index in [9.17, 15) is 15.0 Å². The van der Waals surface area contributed by atoms with Crippen LogP contribution < -0.4 is 0 Å². The Morgan fingerprint density at radius 3 is 2.56 bits per heavy atom. The van der Waals surface area contributed by atoms with Crippen LogP contribution in [-0.4, -0.2) is 40.2 Å². The summed E-state index contributed by atoms with van der Waals surface area (Å²) >= 11 is 6.38. The zero-order chi connectivity index (χ0) is 17.8. The maximum absolute atomic E-state index is 12.8. The minimum atomic E-state index is -0.311. The molecule has 1 fully saturated rings. The summed E-state index contributed by atoms with van der Waals surface area (Å²) < 4.78 is 0. The molecular formula is C20H22ClNO3. The minimum Gasteiger partial charge on any atom is -0.508 e. The van der Waals surface area contributed by atoms with Crippen molar-refractivity contribution in [3.05, 3.63) is 64.7 Å². The number of aliphatic hydroxyl groups is 1. The molecule has 0 saturated carbocycles. The van der Waals surface area contributed by atoms with Crippen molar-refractivity contribution in [2.45, 2.75) is 31.3 Å². The molecule has 1 amide bonds. The van der Waals surface area contributed by atoms with Crippen LogP contribution in [0, 0.1) is 0 Å². The Balaban J connectivity index is 1.87. The van der Waals surface area contributed by atoms with Gasteiger partial charge in [-0.15, -0.1) is 0 Å². The first kappa shape index (κ1) is 17.8. The molecule has 0 bridgehead atoms. The number of hydrogen-bond acceptors (Lipinski definition) is 3. The summed E-state index contributed by atoms with van der Waals surface area (Å²) in [5.41, 5.74) is 1.73. The Kier molecular flexibility index (Phi) is 5.61. The van der Waals surface area contributed by atoms with E-state index in [4.69, 9.17) is 11.6 Å². The first-order chi connectivity index (χ1) is 12.0. The van der Waals surface area contributed by atoms with Crippen LogP contribution in [0.5, 0.6) is 5.75 Å². The third-order valence-corrected chi connectivity index (χ3v) is 5.09. The standard InChI is InChI=1S/C20H22ClNO3/c21-19-7-2-1-6-17(19)18(14-4-3-5-16(24)12-14)13-20(25)22-10-8-15(23)9-11-22/h1-7,12,15,18,23-24H,8-11,13H2. The molecule has 5 heteroatoms. The largest absolute Gasteiger partial charge is 0.508 e. The zero-order valence-electron chi connectivity index (χ0n) is 13.9. The van der Waals surface area contributed by atoms with Gasteiger partial charge in [0, 0.05) is 30.5 Å². The molecule has 1 aliphatic rings. The highest BCUT2D eigenvalue weighted by Gasteiger charge is 2.26. The van der Waals surface area contributed by atoms with Crippen molar-refractivity contribution in [2.75, 3.05) is 13.1 Å². The van der Waals surface area contributed by atoms with Gasteiger partial charge in [0.2, 0.25) is 5.91 Å². The van der Waals surface area contributed by atoms with Gasteiger partial charge in [-0.05, 0) is 42.2 Å². The minimum absolute atomic E-state index is 0.0418. The highest BCUT2D eigenvalue weighted by atomic mass is 35.5. The number of piperidine rings is 1. The lowest BCUT2D eigenvalue weighted by Crippen LogP contribution is -2.40. The third-order valence-electron chi connectivity index (χ3n) is 4.75. The second-order valence-corrected chi connectivity index (χ2v) is 6.89. The molecule has 1 saturated heterocycles. The number of phenolic OH excluding ortho intramolecular Hbond substituents is 1. The average Bonchev–Trinajstić information content (AvgIpc) is 2.61. The van der Waals surface area contributed by atoms with E-state index in [-0.39, 0.29) is 30.1 Å². The molecule has 1 heterocycles. The van der Waals surface area contributed by atoms with Crippen molar-refractivity contribution >= 4 is 17.5 Å². The highest BCUT2D eigenvalue weighted by molar-refractivity contribution is 6.31. The summed E-state index contributed by atoms with van der Waals surface area (Å²) in [5.74, 6) is -0.0107. The molecule has 132 valence electrons. The van der Waals surface area contributed by atoms with E-state index >= 15 is 0 Å². The van der Waals surface area contributed by atoms with Crippen LogP contribution in [0.1, 0.15) is 36.3 Å². The lowest BCUT2D eigenvalue weighted by molar-refractivity contribution is -0.133. The number of aromatic hydroxyl groups is 1. The maximum Gasteiger partial charge on any atom is 0.223 e. The molecule has 0 radical (unpaired) electrons. The van der Waals surface area contributed by atoms with Gasteiger partial charge in [-0.3, -0.25) is 4.79 Å². The fourth-order valence-electron chi connectivity index (χ4n) is 3.33. The van der Waals surface area contributed by atoms with Gasteiger partial charge < -0.3 is 15.1 Å². The number of phenols is 1. The van der Waals surface area contributed by atoms with Gasteiger partial charge in [0.25, 0.3) is 0 Å². The molecule has 2 aromatic rings. The molecule has 1 atom stereocenters. The van der Waals surface area contributed by atoms with E-state index < -0.39 is 0 Å². The normalized spacial score (nSPS) is 16.6. The van der Waals surface area contributed by atoms with Crippen LogP contribution in [0.4, 0.5) is 0 Å². The van der Waals surface area contributed by atoms with Gasteiger partial charge in [0.1, 0.15) is 5.75 Å². The van der Waals surface area contributed by atoms with Crippen molar-refractivity contribution in [1.29, 1.82) is 0 Å². The van der Waals surface area contributed by atoms with Gasteiger partial charge in [0.05, 0.1) is 6.10 Å². The number of halogens is 1. The Bertz CT molecular complexity index is 741. The molecule has 1 unspecified atom stereocenters. The second kappa shape index (κ2) is 7.89. The quantitative estimate of drug-likeness (QED) is 0.877. The van der Waals surface area contributed by atoms with Crippen molar-refractivity contribution in [3.8, 4) is 5.75 Å². The molecule has 3 rings (SSSR count). The topological polar surface area (TPSA) is 60.8 Å². The highest BCUT2D eigenvalue weighted by Crippen LogP contribution is 2.34. The van der Waals surface area contributed by atoms with Gasteiger partial charge in [0.15, 0.2) is 0 Å². The summed E-state index contributed by atoms with van der Waals surface area (Å²) in [7, 11) is 0. The number of amides is 1. The predicted octanol–water partition coefficient (Wildman–Crippen LogP) is 3.55. The van der Waals surface area contributed by atoms with Crippen molar-refractivity contribution < 1.29 is 15.0 Å². The van der Waals surface area contributed by atoms with E-state index in [0.717, 1.165) is 11.1 Å². The van der Waals surface area contributed by atoms with E-state index in [1.165, 1.54) is 0 Å². The van der Waals surface area contributed by atoms with Gasteiger partial charge in [-0.1, -0.05) is 41.9 Å². The second-order valence-electron chi connectivity index (χ2n) is 6.49. The number of rotatable bonds is 4. The first-order valence-corrected chi connectivity index (χ1v) is 8.91. The van der Waals surface area contributed by atoms with E-state index in [2.05, 4.69) is 0 Å². The van der Waals surface area contributed by atoms with Crippen LogP contribution >= 0.6 is 11.6 Å². The average molecular weight is 360 g/mol. The monoisotopic (exact) mass is 359 g/mol. The number of carbonyl (C=O) groups is 1. The summed E-state index contributed by atoms with van der Waals surface area (Å²) in [6, 6.07) is 14.5. The number of benzene rings is 2. The van der Waals surface area contributed by atoms with Crippen LogP contribution in [-0.2, 0) is 4.79 Å². The molecule has 0 spiro atoms. The fraction of sp³-hybridized carbons (Fsp3) is 0.350. The Labute approximate surface area is 152 Å². The van der Waals surface area contributed by atoms with Crippen LogP contribution in [0.15, 0.2) is 48.5 Å². The van der Waals surface area contributed by atoms with Crippen LogP contribution in [0.25, 0.3) is 0 Å². The third kappa shape index (κ3) is 4.33. The molecule has 4 nitrogen and oxygen atoms in total. The molecule has 0 aliphatic carbocycles. The van der Waals surface area contributed by atoms with Gasteiger partial charge >= 0.3 is 0 Å². The van der Waals surface area contributed by atoms with Crippen LogP contribution in [0.3, 0.4) is 0 Å². The van der Waals surface area contributed by atoms with E-state index in [0.29, 0.717) is 31.0 Å². The number of nitrogens with zero attached hydrogens (tertiary/aromatic N) is 1. The number of hydrogen-bond donors (Lipinski definition) is 2. The molecule has 1 aliphatic heterocycles. The van der Waals surface area contributed by atoms with E-state index in [1.807, 2.05) is 30.3 Å². The number of likely N-dealkylation sites (tertiary alicyclic amines) is 1. The molecule has 2 aromatic carbocycles. The van der Waals surface area contributed by atoms with Crippen LogP contribution in [0.2, 0.25) is 5.02 Å². The molecular weight excluding hydrogens is 338 g/mol. The summed E-state index contributed by atoms with van der Waals surface area (Å²) in [5, 5.41) is 20.1. The van der Waals surface area contributed by atoms with Gasteiger partial charge in [-0.2, -0.15) is 0 Å². The molecule has 2 N–H and O–H groups in total. The van der Waals surface area contributed by atoms with Crippen molar-refractivity contribution in [2.24, 2.45) is 0 Å². The SMILES string of the molecule is O=C(CC(c1cccc(O)c1)c1ccccc1Cl)N1CCC(O)CC1. The summed E-state index contributed by atoms with van der Waals surface area (Å²) in [6.45, 7) is 1.16. The molecule has 25 heavy (non-hydrogen) atoms. The fourth-order valence-corrected chi connectivity index (χ4v) is 3.59. The maximum atomic E-state index is 12.8. The molecule has 0 aromatic heterocycles. The van der Waals surface area contributed by atoms with E-state index in [1.54, 1.807) is 23.1 Å².